The van der Waals surface area contributed by atoms with Crippen LogP contribution in [0.4, 0.5) is 0 Å². The minimum absolute atomic E-state index is 0.475. The summed E-state index contributed by atoms with van der Waals surface area (Å²) in [6.07, 6.45) is 5.47. The molecule has 2 heterocycles. The van der Waals surface area contributed by atoms with E-state index in [0.29, 0.717) is 28.7 Å². The van der Waals surface area contributed by atoms with E-state index >= 15 is 0 Å². The molecule has 2 unspecified atom stereocenters. The van der Waals surface area contributed by atoms with E-state index in [4.69, 9.17) is 0 Å². The molecule has 2 atom stereocenters. The minimum atomic E-state index is 0.475. The second kappa shape index (κ2) is 3.82. The molecule has 3 fully saturated rings. The van der Waals surface area contributed by atoms with E-state index in [0.717, 1.165) is 18.8 Å². The Hall–Kier alpha value is -0.370. The molecule has 0 spiro atoms. The summed E-state index contributed by atoms with van der Waals surface area (Å²) in [5.41, 5.74) is 0.950. The summed E-state index contributed by atoms with van der Waals surface area (Å²) in [7, 11) is 0. The van der Waals surface area contributed by atoms with Crippen LogP contribution in [-0.2, 0) is 4.79 Å². The molecule has 2 bridgehead atoms. The highest BCUT2D eigenvalue weighted by molar-refractivity contribution is 5.80. The molecule has 0 N–H and O–H groups in total. The van der Waals surface area contributed by atoms with Crippen molar-refractivity contribution in [2.75, 3.05) is 6.54 Å². The first kappa shape index (κ1) is 12.7. The van der Waals surface area contributed by atoms with Gasteiger partial charge in [0.2, 0.25) is 0 Å². The first-order valence-electron chi connectivity index (χ1n) is 7.61. The smallest absolute Gasteiger partial charge is 0.136 e. The summed E-state index contributed by atoms with van der Waals surface area (Å²) < 4.78 is 0. The highest BCUT2D eigenvalue weighted by atomic mass is 16.1. The average molecular weight is 249 g/mol. The van der Waals surface area contributed by atoms with Gasteiger partial charge < -0.3 is 0 Å². The maximum Gasteiger partial charge on any atom is 0.136 e. The molecular weight excluding hydrogens is 222 g/mol. The number of carbonyl (C=O) groups is 1. The minimum Gasteiger partial charge on any atom is -0.300 e. The summed E-state index contributed by atoms with van der Waals surface area (Å²) in [4.78, 5) is 14.5. The first-order chi connectivity index (χ1) is 8.34. The quantitative estimate of drug-likeness (QED) is 0.748. The molecular formula is C16H27NO. The van der Waals surface area contributed by atoms with Gasteiger partial charge in [-0.3, -0.25) is 9.69 Å². The van der Waals surface area contributed by atoms with Crippen molar-refractivity contribution in [2.45, 2.75) is 71.9 Å². The second-order valence-electron chi connectivity index (χ2n) is 7.88. The third kappa shape index (κ3) is 1.68. The van der Waals surface area contributed by atoms with Crippen molar-refractivity contribution in [2.24, 2.45) is 16.7 Å². The lowest BCUT2D eigenvalue weighted by molar-refractivity contribution is -0.127. The average Bonchev–Trinajstić information content (AvgIpc) is 2.61. The zero-order valence-corrected chi connectivity index (χ0v) is 12.3. The number of ketones is 1. The van der Waals surface area contributed by atoms with Gasteiger partial charge >= 0.3 is 0 Å². The maximum absolute atomic E-state index is 11.8. The molecule has 0 amide bonds. The lowest BCUT2D eigenvalue weighted by atomic mass is 9.83. The van der Waals surface area contributed by atoms with Crippen LogP contribution in [-0.4, -0.2) is 29.3 Å². The lowest BCUT2D eigenvalue weighted by Crippen LogP contribution is -2.53. The number of fused-ring (bicyclic) bond motifs is 2. The third-order valence-electron chi connectivity index (χ3n) is 6.65. The zero-order chi connectivity index (χ0) is 13.1. The molecule has 0 aromatic rings. The molecule has 1 saturated carbocycles. The summed E-state index contributed by atoms with van der Waals surface area (Å²) in [6, 6.07) is 1.13. The van der Waals surface area contributed by atoms with Crippen LogP contribution in [0.1, 0.15) is 59.8 Å². The summed E-state index contributed by atoms with van der Waals surface area (Å²) in [5.74, 6) is 1.32. The summed E-state index contributed by atoms with van der Waals surface area (Å²) >= 11 is 0. The van der Waals surface area contributed by atoms with Gasteiger partial charge in [0.25, 0.3) is 0 Å². The highest BCUT2D eigenvalue weighted by Gasteiger charge is 2.65. The molecule has 3 rings (SSSR count). The van der Waals surface area contributed by atoms with E-state index in [1.54, 1.807) is 0 Å². The SMILES string of the molecule is CC1(C)C(CN2C3CCCC2CC(=O)C3)C1(C)C. The Morgan fingerprint density at radius 1 is 1.06 bits per heavy atom. The number of Topliss-reactive ketones (excluding diaryl/α,β-unsaturated/α-hetero) is 1. The molecule has 102 valence electrons. The van der Waals surface area contributed by atoms with Crippen molar-refractivity contribution in [3.05, 3.63) is 0 Å². The molecule has 1 aliphatic carbocycles. The first-order valence-corrected chi connectivity index (χ1v) is 7.61. The van der Waals surface area contributed by atoms with Crippen molar-refractivity contribution in [1.29, 1.82) is 0 Å². The van der Waals surface area contributed by atoms with E-state index in [1.165, 1.54) is 25.8 Å². The second-order valence-corrected chi connectivity index (χ2v) is 7.88. The van der Waals surface area contributed by atoms with Gasteiger partial charge in [-0.25, -0.2) is 0 Å². The van der Waals surface area contributed by atoms with Crippen LogP contribution in [0.3, 0.4) is 0 Å². The Balaban J connectivity index is 1.72. The van der Waals surface area contributed by atoms with Crippen molar-refractivity contribution < 1.29 is 4.79 Å². The molecule has 0 aromatic heterocycles. The highest BCUT2D eigenvalue weighted by Crippen LogP contribution is 2.68. The van der Waals surface area contributed by atoms with Gasteiger partial charge in [-0.05, 0) is 29.6 Å². The molecule has 2 saturated heterocycles. The molecule has 2 nitrogen and oxygen atoms in total. The van der Waals surface area contributed by atoms with E-state index in [2.05, 4.69) is 32.6 Å². The van der Waals surface area contributed by atoms with Crippen LogP contribution in [0.15, 0.2) is 0 Å². The zero-order valence-electron chi connectivity index (χ0n) is 12.3. The van der Waals surface area contributed by atoms with Gasteiger partial charge in [0.05, 0.1) is 0 Å². The predicted octanol–water partition coefficient (Wildman–Crippen LogP) is 3.25. The van der Waals surface area contributed by atoms with Gasteiger partial charge in [-0.2, -0.15) is 0 Å². The summed E-state index contributed by atoms with van der Waals surface area (Å²) in [6.45, 7) is 10.8. The van der Waals surface area contributed by atoms with Crippen LogP contribution < -0.4 is 0 Å². The molecule has 18 heavy (non-hydrogen) atoms. The Bertz CT molecular complexity index is 341. The number of carbonyl (C=O) groups excluding carboxylic acids is 1. The Labute approximate surface area is 111 Å². The van der Waals surface area contributed by atoms with Crippen molar-refractivity contribution >= 4 is 5.78 Å². The molecule has 0 radical (unpaired) electrons. The standard InChI is InChI=1S/C16H27NO/c1-15(2)14(16(15,3)4)10-17-11-6-5-7-12(17)9-13(18)8-11/h11-12,14H,5-10H2,1-4H3. The summed E-state index contributed by atoms with van der Waals surface area (Å²) in [5, 5.41) is 0. The molecule has 3 aliphatic rings. The predicted molar refractivity (Wildman–Crippen MR) is 73.4 cm³/mol. The Morgan fingerprint density at radius 2 is 1.56 bits per heavy atom. The molecule has 2 aliphatic heterocycles. The normalized spacial score (nSPS) is 38.8. The molecule has 2 heteroatoms. The van der Waals surface area contributed by atoms with Crippen LogP contribution in [0.5, 0.6) is 0 Å². The maximum atomic E-state index is 11.8. The fourth-order valence-corrected chi connectivity index (χ4v) is 4.57. The molecule has 0 aromatic carbocycles. The van der Waals surface area contributed by atoms with E-state index in [9.17, 15) is 4.79 Å². The number of hydrogen-bond donors (Lipinski definition) is 0. The third-order valence-corrected chi connectivity index (χ3v) is 6.65. The van der Waals surface area contributed by atoms with Crippen molar-refractivity contribution in [1.82, 2.24) is 4.90 Å². The van der Waals surface area contributed by atoms with Gasteiger partial charge in [0.1, 0.15) is 5.78 Å². The fourth-order valence-electron chi connectivity index (χ4n) is 4.57. The largest absolute Gasteiger partial charge is 0.300 e. The fraction of sp³-hybridized carbons (Fsp3) is 0.938. The lowest BCUT2D eigenvalue weighted by Gasteiger charge is -2.46. The van der Waals surface area contributed by atoms with Crippen LogP contribution in [0, 0.1) is 16.7 Å². The number of rotatable bonds is 2. The van der Waals surface area contributed by atoms with Crippen LogP contribution >= 0.6 is 0 Å². The Kier molecular flexibility index (Phi) is 2.68. The van der Waals surface area contributed by atoms with E-state index in [1.807, 2.05) is 0 Å². The number of piperidine rings is 2. The Morgan fingerprint density at radius 3 is 2.00 bits per heavy atom. The van der Waals surface area contributed by atoms with Crippen molar-refractivity contribution in [3.8, 4) is 0 Å². The van der Waals surface area contributed by atoms with Crippen molar-refractivity contribution in [3.63, 3.8) is 0 Å². The topological polar surface area (TPSA) is 20.3 Å². The van der Waals surface area contributed by atoms with Crippen LogP contribution in [0.2, 0.25) is 0 Å². The van der Waals surface area contributed by atoms with Gasteiger partial charge in [-0.15, -0.1) is 0 Å². The van der Waals surface area contributed by atoms with Gasteiger partial charge in [0.15, 0.2) is 0 Å². The number of nitrogens with zero attached hydrogens (tertiary/aromatic N) is 1. The monoisotopic (exact) mass is 249 g/mol. The number of hydrogen-bond acceptors (Lipinski definition) is 2. The van der Waals surface area contributed by atoms with E-state index < -0.39 is 0 Å². The van der Waals surface area contributed by atoms with E-state index in [-0.39, 0.29) is 0 Å². The van der Waals surface area contributed by atoms with Gasteiger partial charge in [-0.1, -0.05) is 34.1 Å². The van der Waals surface area contributed by atoms with Crippen LogP contribution in [0.25, 0.3) is 0 Å². The van der Waals surface area contributed by atoms with Gasteiger partial charge in [0, 0.05) is 31.5 Å².